The Hall–Kier alpha value is -2.70. The highest BCUT2D eigenvalue weighted by Gasteiger charge is 2.49. The van der Waals surface area contributed by atoms with Crippen LogP contribution in [0.25, 0.3) is 0 Å². The Bertz CT molecular complexity index is 813. The van der Waals surface area contributed by atoms with Gasteiger partial charge in [0.25, 0.3) is 0 Å². The lowest BCUT2D eigenvalue weighted by atomic mass is 9.85. The van der Waals surface area contributed by atoms with E-state index in [0.717, 1.165) is 58.7 Å². The molecule has 7 heteroatoms. The molecule has 0 aromatic heterocycles. The Morgan fingerprint density at radius 1 is 1.03 bits per heavy atom. The minimum Gasteiger partial charge on any atom is -0.324 e. The summed E-state index contributed by atoms with van der Waals surface area (Å²) in [5.74, 6) is -2.05. The van der Waals surface area contributed by atoms with E-state index < -0.39 is 30.3 Å². The molecule has 1 saturated heterocycles. The van der Waals surface area contributed by atoms with Crippen LogP contribution < -0.4 is 5.32 Å². The summed E-state index contributed by atoms with van der Waals surface area (Å²) in [7, 11) is 0. The van der Waals surface area contributed by atoms with Crippen molar-refractivity contribution in [1.29, 1.82) is 0 Å². The molecule has 1 aliphatic carbocycles. The van der Waals surface area contributed by atoms with Crippen molar-refractivity contribution in [1.82, 2.24) is 9.80 Å². The quantitative estimate of drug-likeness (QED) is 0.588. The molecule has 1 N–H and O–H groups in total. The number of aryl methyl sites for hydroxylation is 2. The van der Waals surface area contributed by atoms with E-state index in [1.165, 1.54) is 0 Å². The van der Waals surface area contributed by atoms with Crippen LogP contribution in [0, 0.1) is 5.92 Å². The van der Waals surface area contributed by atoms with Crippen LogP contribution >= 0.6 is 0 Å². The molecule has 2 atom stereocenters. The van der Waals surface area contributed by atoms with Crippen molar-refractivity contribution in [2.75, 3.05) is 11.9 Å². The molecule has 0 radical (unpaired) electrons. The zero-order valence-corrected chi connectivity index (χ0v) is 17.4. The molecule has 0 bridgehead atoms. The average molecular weight is 399 g/mol. The van der Waals surface area contributed by atoms with Gasteiger partial charge in [-0.25, -0.2) is 9.69 Å². The fraction of sp³-hybridized carbons (Fsp3) is 0.545. The maximum absolute atomic E-state index is 12.8. The van der Waals surface area contributed by atoms with Crippen LogP contribution in [0.2, 0.25) is 0 Å². The molecule has 1 saturated carbocycles. The smallest absolute Gasteiger partial charge is 0.324 e. The first-order valence-corrected chi connectivity index (χ1v) is 10.5. The fourth-order valence-corrected chi connectivity index (χ4v) is 4.36. The van der Waals surface area contributed by atoms with Gasteiger partial charge in [0.2, 0.25) is 5.91 Å². The first-order valence-electron chi connectivity index (χ1n) is 10.5. The van der Waals surface area contributed by atoms with Gasteiger partial charge in [-0.05, 0) is 42.7 Å². The third-order valence-electron chi connectivity index (χ3n) is 6.05. The molecule has 7 nitrogen and oxygen atoms in total. The second-order valence-electron chi connectivity index (χ2n) is 7.88. The van der Waals surface area contributed by atoms with Gasteiger partial charge in [0.15, 0.2) is 0 Å². The van der Waals surface area contributed by atoms with Crippen molar-refractivity contribution in [3.8, 4) is 0 Å². The van der Waals surface area contributed by atoms with Gasteiger partial charge in [-0.2, -0.15) is 0 Å². The van der Waals surface area contributed by atoms with Crippen LogP contribution in [0.3, 0.4) is 0 Å². The lowest BCUT2D eigenvalue weighted by Crippen LogP contribution is -2.46. The Balaban J connectivity index is 1.75. The van der Waals surface area contributed by atoms with Crippen molar-refractivity contribution >= 4 is 29.4 Å². The van der Waals surface area contributed by atoms with E-state index in [1.807, 2.05) is 39.0 Å². The number of carbonyl (C=O) groups excluding carboxylic acids is 4. The first-order chi connectivity index (χ1) is 13.9. The van der Waals surface area contributed by atoms with Crippen molar-refractivity contribution in [3.63, 3.8) is 0 Å². The summed E-state index contributed by atoms with van der Waals surface area (Å²) < 4.78 is 0. The summed E-state index contributed by atoms with van der Waals surface area (Å²) in [6.07, 6.45) is 5.10. The molecule has 156 valence electrons. The predicted octanol–water partition coefficient (Wildman–Crippen LogP) is 3.12. The molecular formula is C22H29N3O4. The highest BCUT2D eigenvalue weighted by Crippen LogP contribution is 2.31. The fourth-order valence-electron chi connectivity index (χ4n) is 4.36. The Morgan fingerprint density at radius 2 is 1.66 bits per heavy atom. The van der Waals surface area contributed by atoms with Crippen LogP contribution in [0.4, 0.5) is 10.5 Å². The normalized spacial score (nSPS) is 22.4. The number of anilines is 1. The van der Waals surface area contributed by atoms with E-state index in [4.69, 9.17) is 0 Å². The van der Waals surface area contributed by atoms with Crippen molar-refractivity contribution in [3.05, 3.63) is 29.3 Å². The van der Waals surface area contributed by atoms with E-state index in [-0.39, 0.29) is 12.0 Å². The van der Waals surface area contributed by atoms with Crippen LogP contribution in [0.5, 0.6) is 0 Å². The van der Waals surface area contributed by atoms with Gasteiger partial charge in [-0.15, -0.1) is 0 Å². The van der Waals surface area contributed by atoms with E-state index >= 15 is 0 Å². The molecule has 2 fully saturated rings. The van der Waals surface area contributed by atoms with Gasteiger partial charge in [0.05, 0.1) is 0 Å². The Morgan fingerprint density at radius 3 is 2.24 bits per heavy atom. The number of urea groups is 1. The number of rotatable bonds is 6. The second-order valence-corrected chi connectivity index (χ2v) is 7.88. The molecule has 0 spiro atoms. The van der Waals surface area contributed by atoms with E-state index in [2.05, 4.69) is 5.32 Å². The van der Waals surface area contributed by atoms with E-state index in [1.54, 1.807) is 0 Å². The molecular weight excluding hydrogens is 370 g/mol. The number of hydrogen-bond acceptors (Lipinski definition) is 4. The number of amides is 5. The summed E-state index contributed by atoms with van der Waals surface area (Å²) in [4.78, 5) is 52.3. The predicted molar refractivity (Wildman–Crippen MR) is 109 cm³/mol. The highest BCUT2D eigenvalue weighted by atomic mass is 16.2. The van der Waals surface area contributed by atoms with Crippen LogP contribution in [0.15, 0.2) is 18.2 Å². The van der Waals surface area contributed by atoms with Gasteiger partial charge in [-0.3, -0.25) is 19.3 Å². The molecule has 2 aliphatic rings. The molecule has 0 unspecified atom stereocenters. The number of para-hydroxylation sites is 1. The molecule has 1 aromatic carbocycles. The van der Waals surface area contributed by atoms with Gasteiger partial charge in [0, 0.05) is 11.7 Å². The minimum absolute atomic E-state index is 0.154. The Kier molecular flexibility index (Phi) is 6.35. The van der Waals surface area contributed by atoms with E-state index in [0.29, 0.717) is 6.42 Å². The van der Waals surface area contributed by atoms with E-state index in [9.17, 15) is 19.2 Å². The van der Waals surface area contributed by atoms with Crippen molar-refractivity contribution in [2.45, 2.75) is 65.3 Å². The highest BCUT2D eigenvalue weighted by molar-refractivity contribution is 6.45. The molecule has 1 aliphatic heterocycles. The van der Waals surface area contributed by atoms with Gasteiger partial charge >= 0.3 is 17.8 Å². The summed E-state index contributed by atoms with van der Waals surface area (Å²) in [6, 6.07) is 4.89. The largest absolute Gasteiger partial charge is 0.334 e. The number of benzene rings is 1. The lowest BCUT2D eigenvalue weighted by molar-refractivity contribution is -0.145. The van der Waals surface area contributed by atoms with Crippen molar-refractivity contribution < 1.29 is 19.2 Å². The van der Waals surface area contributed by atoms with Crippen molar-refractivity contribution in [2.24, 2.45) is 5.92 Å². The topological polar surface area (TPSA) is 86.8 Å². The van der Waals surface area contributed by atoms with Crippen LogP contribution in [0.1, 0.15) is 57.6 Å². The summed E-state index contributed by atoms with van der Waals surface area (Å²) in [6.45, 7) is 5.54. The molecule has 1 heterocycles. The third-order valence-corrected chi connectivity index (χ3v) is 6.05. The van der Waals surface area contributed by atoms with Crippen LogP contribution in [-0.4, -0.2) is 46.1 Å². The molecule has 29 heavy (non-hydrogen) atoms. The lowest BCUT2D eigenvalue weighted by Gasteiger charge is -2.34. The number of nitrogens with zero attached hydrogens (tertiary/aromatic N) is 2. The average Bonchev–Trinajstić information content (AvgIpc) is 2.92. The maximum Gasteiger partial charge on any atom is 0.334 e. The summed E-state index contributed by atoms with van der Waals surface area (Å²) in [5.41, 5.74) is 2.71. The maximum atomic E-state index is 12.8. The Labute approximate surface area is 171 Å². The summed E-state index contributed by atoms with van der Waals surface area (Å²) >= 11 is 0. The number of nitrogens with one attached hydrogen (secondary N) is 1. The van der Waals surface area contributed by atoms with Gasteiger partial charge in [-0.1, -0.05) is 51.8 Å². The molecule has 1 aromatic rings. The third kappa shape index (κ3) is 4.04. The zero-order chi connectivity index (χ0) is 21.1. The van der Waals surface area contributed by atoms with Gasteiger partial charge in [0.1, 0.15) is 6.54 Å². The monoisotopic (exact) mass is 399 g/mol. The zero-order valence-electron chi connectivity index (χ0n) is 17.4. The number of hydrogen-bond donors (Lipinski definition) is 1. The molecule has 3 rings (SSSR count). The first kappa shape index (κ1) is 21.0. The number of imide groups is 2. The standard InChI is InChI=1S/C22H29N3O4/c1-4-15-10-8-11-16(5-2)19(15)23-18(26)13-24-20(27)21(28)25(22(24)29)17-12-7-6-9-14(17)3/h8,10-11,14,17H,4-7,9,12-13H2,1-3H3,(H,23,26)/t14-,17-/m1/s1. The SMILES string of the molecule is CCc1cccc(CC)c1NC(=O)CN1C(=O)C(=O)N([C@@H]2CCCC[C@H]2C)C1=O. The summed E-state index contributed by atoms with van der Waals surface area (Å²) in [5, 5.41) is 2.85. The van der Waals surface area contributed by atoms with Crippen LogP contribution in [-0.2, 0) is 27.2 Å². The van der Waals surface area contributed by atoms with Gasteiger partial charge < -0.3 is 5.32 Å². The minimum atomic E-state index is -0.914. The second kappa shape index (κ2) is 8.76. The molecule has 5 amide bonds. The number of carbonyl (C=O) groups is 4.